The first-order valence-corrected chi connectivity index (χ1v) is 11.9. The molecule has 2 aromatic heterocycles. The first-order valence-electron chi connectivity index (χ1n) is 10.7. The van der Waals surface area contributed by atoms with Crippen molar-refractivity contribution in [2.24, 2.45) is 0 Å². The van der Waals surface area contributed by atoms with Crippen LogP contribution in [0.25, 0.3) is 10.9 Å². The van der Waals surface area contributed by atoms with Crippen LogP contribution in [0.4, 0.5) is 4.79 Å². The minimum atomic E-state index is -1.86. The van der Waals surface area contributed by atoms with Crippen LogP contribution in [0, 0.1) is 0 Å². The number of nitrogens with one attached hydrogen (secondary N) is 3. The summed E-state index contributed by atoms with van der Waals surface area (Å²) in [5.74, 6) is -0.377. The summed E-state index contributed by atoms with van der Waals surface area (Å²) >= 11 is 17.8. The van der Waals surface area contributed by atoms with Crippen LogP contribution in [0.15, 0.2) is 54.9 Å². The predicted molar refractivity (Wildman–Crippen MR) is 135 cm³/mol. The Kier molecular flexibility index (Phi) is 8.01. The lowest BCUT2D eigenvalue weighted by Gasteiger charge is -2.35. The molecule has 1 aromatic carbocycles. The monoisotopic (exact) mass is 524 g/mol. The van der Waals surface area contributed by atoms with Crippen molar-refractivity contribution in [3.63, 3.8) is 0 Å². The van der Waals surface area contributed by atoms with Gasteiger partial charge in [0, 0.05) is 48.4 Å². The summed E-state index contributed by atoms with van der Waals surface area (Å²) in [6, 6.07) is 13.3. The number of para-hydroxylation sites is 1. The SMILES string of the molecule is CC(Cc1c[nH]c2ccccc12)(NC(=O)OC(C)(C)C(Cl)(Cl)Cl)C(=O)NCCc1ccccn1. The normalized spacial score (nSPS) is 13.8. The molecule has 10 heteroatoms. The standard InChI is InChI=1S/C24H27Cl3N4O3/c1-22(2,24(25,26)27)34-21(33)31-23(3,14-16-15-30-19-10-5-4-9-18(16)19)20(32)29-13-11-17-8-6-7-12-28-17/h4-10,12,15,30H,11,13-14H2,1-3H3,(H,29,32)(H,31,33). The van der Waals surface area contributed by atoms with Crippen molar-refractivity contribution < 1.29 is 14.3 Å². The number of pyridine rings is 1. The lowest BCUT2D eigenvalue weighted by molar-refractivity contribution is -0.127. The van der Waals surface area contributed by atoms with E-state index in [0.29, 0.717) is 13.0 Å². The Morgan fingerprint density at radius 3 is 2.44 bits per heavy atom. The lowest BCUT2D eigenvalue weighted by Crippen LogP contribution is -2.59. The Balaban J connectivity index is 1.79. The highest BCUT2D eigenvalue weighted by atomic mass is 35.6. The molecular weight excluding hydrogens is 499 g/mol. The third kappa shape index (κ3) is 6.34. The number of benzene rings is 1. The first-order chi connectivity index (χ1) is 15.9. The van der Waals surface area contributed by atoms with Crippen molar-refractivity contribution in [1.29, 1.82) is 0 Å². The molecule has 1 unspecified atom stereocenters. The van der Waals surface area contributed by atoms with Gasteiger partial charge < -0.3 is 20.4 Å². The van der Waals surface area contributed by atoms with E-state index in [1.807, 2.05) is 48.7 Å². The van der Waals surface area contributed by atoms with Crippen molar-refractivity contribution in [1.82, 2.24) is 20.6 Å². The smallest absolute Gasteiger partial charge is 0.408 e. The summed E-state index contributed by atoms with van der Waals surface area (Å²) in [4.78, 5) is 33.6. The number of H-pyrrole nitrogens is 1. The van der Waals surface area contributed by atoms with Crippen LogP contribution in [0.5, 0.6) is 0 Å². The molecular formula is C24H27Cl3N4O3. The van der Waals surface area contributed by atoms with Crippen LogP contribution in [-0.4, -0.2) is 43.4 Å². The number of halogens is 3. The Bertz CT molecular complexity index is 1150. The Hall–Kier alpha value is -2.48. The number of hydrogen-bond donors (Lipinski definition) is 3. The van der Waals surface area contributed by atoms with E-state index < -0.39 is 21.0 Å². The van der Waals surface area contributed by atoms with E-state index in [9.17, 15) is 9.59 Å². The van der Waals surface area contributed by atoms with Gasteiger partial charge in [-0.1, -0.05) is 59.1 Å². The van der Waals surface area contributed by atoms with E-state index in [-0.39, 0.29) is 12.3 Å². The third-order valence-corrected chi connectivity index (χ3v) is 6.89. The quantitative estimate of drug-likeness (QED) is 0.357. The number of aromatic nitrogens is 2. The number of alkyl carbamates (subject to hydrolysis) is 1. The largest absolute Gasteiger partial charge is 0.439 e. The molecule has 2 heterocycles. The average molecular weight is 526 g/mol. The van der Waals surface area contributed by atoms with Crippen LogP contribution in [0.2, 0.25) is 0 Å². The van der Waals surface area contributed by atoms with Crippen molar-refractivity contribution in [3.05, 3.63) is 66.1 Å². The average Bonchev–Trinajstić information content (AvgIpc) is 3.15. The third-order valence-electron chi connectivity index (χ3n) is 5.52. The van der Waals surface area contributed by atoms with Gasteiger partial charge in [-0.15, -0.1) is 0 Å². The van der Waals surface area contributed by atoms with E-state index in [0.717, 1.165) is 22.2 Å². The zero-order valence-electron chi connectivity index (χ0n) is 19.1. The number of hydrogen-bond acceptors (Lipinski definition) is 4. The van der Waals surface area contributed by atoms with Gasteiger partial charge in [-0.3, -0.25) is 9.78 Å². The fourth-order valence-corrected chi connectivity index (χ4v) is 3.54. The molecule has 0 saturated carbocycles. The number of ether oxygens (including phenoxy) is 1. The molecule has 1 atom stereocenters. The van der Waals surface area contributed by atoms with Crippen LogP contribution in [0.1, 0.15) is 32.0 Å². The van der Waals surface area contributed by atoms with E-state index in [4.69, 9.17) is 39.5 Å². The van der Waals surface area contributed by atoms with Gasteiger partial charge in [0.25, 0.3) is 0 Å². The summed E-state index contributed by atoms with van der Waals surface area (Å²) in [5, 5.41) is 6.54. The van der Waals surface area contributed by atoms with Gasteiger partial charge in [0.05, 0.1) is 0 Å². The predicted octanol–water partition coefficient (Wildman–Crippen LogP) is 5.10. The Morgan fingerprint density at radius 2 is 1.76 bits per heavy atom. The highest BCUT2D eigenvalue weighted by Crippen LogP contribution is 2.40. The van der Waals surface area contributed by atoms with Gasteiger partial charge >= 0.3 is 6.09 Å². The molecule has 34 heavy (non-hydrogen) atoms. The van der Waals surface area contributed by atoms with Gasteiger partial charge in [0.2, 0.25) is 9.70 Å². The molecule has 0 aliphatic heterocycles. The topological polar surface area (TPSA) is 96.1 Å². The second-order valence-corrected chi connectivity index (χ2v) is 11.0. The minimum Gasteiger partial charge on any atom is -0.439 e. The molecule has 0 aliphatic carbocycles. The molecule has 3 rings (SSSR count). The van der Waals surface area contributed by atoms with Gasteiger partial charge in [-0.05, 0) is 44.5 Å². The molecule has 3 aromatic rings. The molecule has 182 valence electrons. The minimum absolute atomic E-state index is 0.204. The van der Waals surface area contributed by atoms with Crippen molar-refractivity contribution >= 4 is 57.7 Å². The van der Waals surface area contributed by atoms with Crippen molar-refractivity contribution in [2.45, 2.75) is 48.5 Å². The number of fused-ring (bicyclic) bond motifs is 1. The van der Waals surface area contributed by atoms with Gasteiger partial charge in [0.15, 0.2) is 5.60 Å². The second-order valence-electron chi connectivity index (χ2n) is 8.72. The molecule has 0 radical (unpaired) electrons. The number of alkyl halides is 3. The van der Waals surface area contributed by atoms with Crippen molar-refractivity contribution in [3.8, 4) is 0 Å². The van der Waals surface area contributed by atoms with Crippen LogP contribution < -0.4 is 10.6 Å². The second kappa shape index (κ2) is 10.4. The Morgan fingerprint density at radius 1 is 1.06 bits per heavy atom. The van der Waals surface area contributed by atoms with E-state index in [1.165, 1.54) is 13.8 Å². The van der Waals surface area contributed by atoms with Crippen LogP contribution >= 0.6 is 34.8 Å². The molecule has 7 nitrogen and oxygen atoms in total. The molecule has 2 amide bonds. The number of aromatic amines is 1. The molecule has 3 N–H and O–H groups in total. The first kappa shape index (κ1) is 26.1. The molecule has 0 aliphatic rings. The van der Waals surface area contributed by atoms with Gasteiger partial charge in [-0.25, -0.2) is 4.79 Å². The van der Waals surface area contributed by atoms with Crippen molar-refractivity contribution in [2.75, 3.05) is 6.54 Å². The van der Waals surface area contributed by atoms with E-state index in [1.54, 1.807) is 13.1 Å². The highest BCUT2D eigenvalue weighted by molar-refractivity contribution is 6.68. The van der Waals surface area contributed by atoms with Gasteiger partial charge in [-0.2, -0.15) is 0 Å². The summed E-state index contributed by atoms with van der Waals surface area (Å²) in [6.45, 7) is 4.93. The fraction of sp³-hybridized carbons (Fsp3) is 0.375. The number of carbonyl (C=O) groups excluding carboxylic acids is 2. The summed E-state index contributed by atoms with van der Waals surface area (Å²) in [7, 11) is 0. The molecule has 0 bridgehead atoms. The van der Waals surface area contributed by atoms with Crippen LogP contribution in [-0.2, 0) is 22.4 Å². The molecule has 0 fully saturated rings. The zero-order valence-corrected chi connectivity index (χ0v) is 21.4. The number of nitrogens with zero attached hydrogens (tertiary/aromatic N) is 1. The summed E-state index contributed by atoms with van der Waals surface area (Å²) in [6.07, 6.45) is 3.39. The highest BCUT2D eigenvalue weighted by Gasteiger charge is 2.45. The number of rotatable bonds is 8. The fourth-order valence-electron chi connectivity index (χ4n) is 3.43. The van der Waals surface area contributed by atoms with Crippen LogP contribution in [0.3, 0.4) is 0 Å². The van der Waals surface area contributed by atoms with E-state index >= 15 is 0 Å². The molecule has 0 saturated heterocycles. The number of amides is 2. The maximum Gasteiger partial charge on any atom is 0.408 e. The molecule has 0 spiro atoms. The van der Waals surface area contributed by atoms with E-state index in [2.05, 4.69) is 20.6 Å². The lowest BCUT2D eigenvalue weighted by atomic mass is 9.91. The number of carbonyl (C=O) groups is 2. The zero-order chi connectivity index (χ0) is 25.0. The maximum absolute atomic E-state index is 13.3. The maximum atomic E-state index is 13.3. The summed E-state index contributed by atoms with van der Waals surface area (Å²) < 4.78 is 3.53. The Labute approximate surface area is 213 Å². The summed E-state index contributed by atoms with van der Waals surface area (Å²) in [5.41, 5.74) is -0.151. The van der Waals surface area contributed by atoms with Gasteiger partial charge in [0.1, 0.15) is 5.54 Å².